The van der Waals surface area contributed by atoms with Crippen LogP contribution >= 0.6 is 0 Å². The molecule has 1 aliphatic rings. The molecule has 19 heavy (non-hydrogen) atoms. The van der Waals surface area contributed by atoms with E-state index < -0.39 is 0 Å². The first-order valence-corrected chi connectivity index (χ1v) is 7.04. The Morgan fingerprint density at radius 1 is 1.16 bits per heavy atom. The third kappa shape index (κ3) is 2.62. The molecule has 0 amide bonds. The topological polar surface area (TPSA) is 22.1 Å². The second kappa shape index (κ2) is 5.43. The molecule has 0 aliphatic heterocycles. The van der Waals surface area contributed by atoms with Gasteiger partial charge in [-0.15, -0.1) is 0 Å². The summed E-state index contributed by atoms with van der Waals surface area (Å²) in [6, 6.07) is 6.24. The number of rotatable bonds is 3. The van der Waals surface area contributed by atoms with Gasteiger partial charge in [0.25, 0.3) is 0 Å². The highest BCUT2D eigenvalue weighted by Gasteiger charge is 2.16. The van der Waals surface area contributed by atoms with Crippen molar-refractivity contribution in [3.63, 3.8) is 0 Å². The van der Waals surface area contributed by atoms with E-state index in [-0.39, 0.29) is 0 Å². The van der Waals surface area contributed by atoms with Gasteiger partial charge < -0.3 is 4.74 Å². The number of ether oxygens (including phenoxy) is 1. The minimum atomic E-state index is 0.367. The number of hydrogen-bond donors (Lipinski definition) is 0. The first-order valence-electron chi connectivity index (χ1n) is 7.04. The summed E-state index contributed by atoms with van der Waals surface area (Å²) >= 11 is 0. The Hall–Kier alpha value is -1.83. The second-order valence-corrected chi connectivity index (χ2v) is 5.19. The Morgan fingerprint density at radius 3 is 2.79 bits per heavy atom. The van der Waals surface area contributed by atoms with E-state index in [9.17, 15) is 0 Å². The average Bonchev–Trinajstić information content (AvgIpc) is 2.47. The van der Waals surface area contributed by atoms with Crippen LogP contribution in [0.3, 0.4) is 0 Å². The molecule has 1 saturated carbocycles. The van der Waals surface area contributed by atoms with E-state index in [1.54, 1.807) is 0 Å². The summed E-state index contributed by atoms with van der Waals surface area (Å²) in [4.78, 5) is 4.16. The Kier molecular flexibility index (Phi) is 3.49. The first kappa shape index (κ1) is 12.2. The smallest absolute Gasteiger partial charge is 0.127 e. The molecule has 3 rings (SSSR count). The zero-order valence-corrected chi connectivity index (χ0v) is 11.1. The lowest BCUT2D eigenvalue weighted by Crippen LogP contribution is -2.20. The van der Waals surface area contributed by atoms with Crippen molar-refractivity contribution in [2.75, 3.05) is 0 Å². The second-order valence-electron chi connectivity index (χ2n) is 5.19. The minimum absolute atomic E-state index is 0.367. The van der Waals surface area contributed by atoms with Crippen LogP contribution in [0.4, 0.5) is 0 Å². The summed E-state index contributed by atoms with van der Waals surface area (Å²) in [7, 11) is 0. The quantitative estimate of drug-likeness (QED) is 0.798. The van der Waals surface area contributed by atoms with Crippen LogP contribution < -0.4 is 4.74 Å². The van der Waals surface area contributed by atoms with Crippen molar-refractivity contribution in [1.82, 2.24) is 4.98 Å². The number of nitrogens with zero attached hydrogens (tertiary/aromatic N) is 1. The molecule has 0 radical (unpaired) electrons. The largest absolute Gasteiger partial charge is 0.490 e. The molecule has 0 saturated heterocycles. The summed E-state index contributed by atoms with van der Waals surface area (Å²) in [6.07, 6.45) is 12.2. The number of pyridine rings is 1. The molecule has 2 heteroatoms. The molecule has 1 aromatic carbocycles. The van der Waals surface area contributed by atoms with Crippen LogP contribution in [0.2, 0.25) is 0 Å². The molecule has 1 aliphatic carbocycles. The molecule has 2 nitrogen and oxygen atoms in total. The predicted molar refractivity (Wildman–Crippen MR) is 79.3 cm³/mol. The number of fused-ring (bicyclic) bond motifs is 1. The summed E-state index contributed by atoms with van der Waals surface area (Å²) < 4.78 is 6.19. The van der Waals surface area contributed by atoms with E-state index in [2.05, 4.69) is 23.7 Å². The zero-order valence-electron chi connectivity index (χ0n) is 11.1. The van der Waals surface area contributed by atoms with E-state index >= 15 is 0 Å². The Bertz CT molecular complexity index is 585. The molecular weight excluding hydrogens is 234 g/mol. The van der Waals surface area contributed by atoms with Crippen molar-refractivity contribution in [1.29, 1.82) is 0 Å². The van der Waals surface area contributed by atoms with Gasteiger partial charge in [-0.3, -0.25) is 4.98 Å². The standard InChI is InChI=1S/C17H19NO/c1-2-13-10-15-12-18-9-8-14(15)11-17(13)19-16-6-4-3-5-7-16/h2,8-12,16H,1,3-7H2. The van der Waals surface area contributed by atoms with E-state index in [4.69, 9.17) is 4.74 Å². The normalized spacial score (nSPS) is 16.4. The van der Waals surface area contributed by atoms with E-state index in [1.165, 1.54) is 37.5 Å². The number of benzene rings is 1. The SMILES string of the molecule is C=Cc1cc2cnccc2cc1OC1CCCCC1. The maximum absolute atomic E-state index is 6.19. The lowest BCUT2D eigenvalue weighted by molar-refractivity contribution is 0.155. The van der Waals surface area contributed by atoms with Crippen molar-refractivity contribution >= 4 is 16.8 Å². The van der Waals surface area contributed by atoms with Crippen LogP contribution in [-0.4, -0.2) is 11.1 Å². The van der Waals surface area contributed by atoms with Crippen molar-refractivity contribution < 1.29 is 4.74 Å². The van der Waals surface area contributed by atoms with Crippen LogP contribution in [0.15, 0.2) is 37.2 Å². The Labute approximate surface area is 114 Å². The molecule has 0 N–H and O–H groups in total. The van der Waals surface area contributed by atoms with Gasteiger partial charge in [-0.25, -0.2) is 0 Å². The average molecular weight is 253 g/mol. The molecule has 0 bridgehead atoms. The molecule has 0 spiro atoms. The minimum Gasteiger partial charge on any atom is -0.490 e. The van der Waals surface area contributed by atoms with Crippen LogP contribution in [0, 0.1) is 0 Å². The predicted octanol–water partition coefficient (Wildman–Crippen LogP) is 4.59. The molecule has 0 unspecified atom stereocenters. The third-order valence-corrected chi connectivity index (χ3v) is 3.83. The van der Waals surface area contributed by atoms with Crippen LogP contribution in [0.5, 0.6) is 5.75 Å². The number of aromatic nitrogens is 1. The zero-order chi connectivity index (χ0) is 13.1. The van der Waals surface area contributed by atoms with Crippen molar-refractivity contribution in [3.8, 4) is 5.75 Å². The van der Waals surface area contributed by atoms with Gasteiger partial charge in [-0.1, -0.05) is 19.1 Å². The fourth-order valence-corrected chi connectivity index (χ4v) is 2.76. The maximum atomic E-state index is 6.19. The van der Waals surface area contributed by atoms with E-state index in [0.717, 1.165) is 16.7 Å². The Morgan fingerprint density at radius 2 is 2.00 bits per heavy atom. The summed E-state index contributed by atoms with van der Waals surface area (Å²) in [6.45, 7) is 3.89. The highest BCUT2D eigenvalue weighted by Crippen LogP contribution is 2.30. The summed E-state index contributed by atoms with van der Waals surface area (Å²) in [5.74, 6) is 0.959. The molecule has 2 aromatic rings. The van der Waals surface area contributed by atoms with Gasteiger partial charge in [0.15, 0.2) is 0 Å². The third-order valence-electron chi connectivity index (χ3n) is 3.83. The van der Waals surface area contributed by atoms with Crippen molar-refractivity contribution in [2.24, 2.45) is 0 Å². The van der Waals surface area contributed by atoms with Gasteiger partial charge in [-0.2, -0.15) is 0 Å². The van der Waals surface area contributed by atoms with Crippen LogP contribution in [-0.2, 0) is 0 Å². The molecule has 0 atom stereocenters. The van der Waals surface area contributed by atoms with Crippen molar-refractivity contribution in [3.05, 3.63) is 42.7 Å². The fourth-order valence-electron chi connectivity index (χ4n) is 2.76. The van der Waals surface area contributed by atoms with Crippen molar-refractivity contribution in [2.45, 2.75) is 38.2 Å². The molecule has 1 heterocycles. The molecule has 1 fully saturated rings. The molecule has 1 aromatic heterocycles. The van der Waals surface area contributed by atoms with Gasteiger partial charge >= 0.3 is 0 Å². The fraction of sp³-hybridized carbons (Fsp3) is 0.353. The van der Waals surface area contributed by atoms with Gasteiger partial charge in [0, 0.05) is 23.3 Å². The molecule has 98 valence electrons. The lowest BCUT2D eigenvalue weighted by atomic mass is 9.97. The monoisotopic (exact) mass is 253 g/mol. The Balaban J connectivity index is 1.94. The van der Waals surface area contributed by atoms with Gasteiger partial charge in [0.1, 0.15) is 5.75 Å². The van der Waals surface area contributed by atoms with E-state index in [1.807, 2.05) is 24.5 Å². The van der Waals surface area contributed by atoms with Gasteiger partial charge in [0.2, 0.25) is 0 Å². The summed E-state index contributed by atoms with van der Waals surface area (Å²) in [5, 5.41) is 2.31. The van der Waals surface area contributed by atoms with E-state index in [0.29, 0.717) is 6.10 Å². The highest BCUT2D eigenvalue weighted by atomic mass is 16.5. The van der Waals surface area contributed by atoms with Gasteiger partial charge in [-0.05, 0) is 49.3 Å². The molecular formula is C17H19NO. The lowest BCUT2D eigenvalue weighted by Gasteiger charge is -2.24. The first-order chi connectivity index (χ1) is 9.36. The highest BCUT2D eigenvalue weighted by molar-refractivity contribution is 5.86. The summed E-state index contributed by atoms with van der Waals surface area (Å²) in [5.41, 5.74) is 1.06. The van der Waals surface area contributed by atoms with Gasteiger partial charge in [0.05, 0.1) is 6.10 Å². The maximum Gasteiger partial charge on any atom is 0.127 e. The van der Waals surface area contributed by atoms with Crippen LogP contribution in [0.1, 0.15) is 37.7 Å². The van der Waals surface area contributed by atoms with Crippen LogP contribution in [0.25, 0.3) is 16.8 Å². The number of hydrogen-bond acceptors (Lipinski definition) is 2.